The predicted octanol–water partition coefficient (Wildman–Crippen LogP) is 4.64. The second-order valence-electron chi connectivity index (χ2n) is 6.40. The second-order valence-corrected chi connectivity index (χ2v) is 6.80. The van der Waals surface area contributed by atoms with Gasteiger partial charge < -0.3 is 14.8 Å². The Kier molecular flexibility index (Phi) is 7.79. The summed E-state index contributed by atoms with van der Waals surface area (Å²) in [6.45, 7) is 6.32. The highest BCUT2D eigenvalue weighted by molar-refractivity contribution is 6.32. The first-order valence-electron chi connectivity index (χ1n) is 8.90. The summed E-state index contributed by atoms with van der Waals surface area (Å²) in [5.74, 6) is 1.24. The molecule has 26 heavy (non-hydrogen) atoms. The molecule has 0 aliphatic heterocycles. The normalized spacial score (nSPS) is 11.9. The first kappa shape index (κ1) is 20.1. The Morgan fingerprint density at radius 3 is 2.38 bits per heavy atom. The number of amides is 1. The van der Waals surface area contributed by atoms with Crippen molar-refractivity contribution in [3.63, 3.8) is 0 Å². The van der Waals surface area contributed by atoms with Crippen molar-refractivity contribution in [2.24, 2.45) is 0 Å². The van der Waals surface area contributed by atoms with Gasteiger partial charge in [0.15, 0.2) is 6.10 Å². The van der Waals surface area contributed by atoms with Crippen LogP contribution in [-0.2, 0) is 11.2 Å². The number of rotatable bonds is 9. The SMILES string of the molecule is CC(C)Oc1ccc(CCCNC(=O)C(C)Oc2ccccc2Cl)cc1. The molecule has 1 amide bonds. The fraction of sp³-hybridized carbons (Fsp3) is 0.381. The first-order chi connectivity index (χ1) is 12.5. The Labute approximate surface area is 160 Å². The number of carbonyl (C=O) groups excluding carboxylic acids is 1. The largest absolute Gasteiger partial charge is 0.491 e. The maximum absolute atomic E-state index is 12.1. The van der Waals surface area contributed by atoms with Gasteiger partial charge in [-0.2, -0.15) is 0 Å². The number of hydrogen-bond donors (Lipinski definition) is 1. The van der Waals surface area contributed by atoms with Crippen LogP contribution < -0.4 is 14.8 Å². The molecular weight excluding hydrogens is 350 g/mol. The summed E-state index contributed by atoms with van der Waals surface area (Å²) in [4.78, 5) is 12.1. The van der Waals surface area contributed by atoms with Crippen LogP contribution in [0.1, 0.15) is 32.8 Å². The summed E-state index contributed by atoms with van der Waals surface area (Å²) >= 11 is 6.04. The molecule has 2 aromatic rings. The van der Waals surface area contributed by atoms with Gasteiger partial charge in [0, 0.05) is 6.54 Å². The number of nitrogens with one attached hydrogen (secondary N) is 1. The number of ether oxygens (including phenoxy) is 2. The molecular formula is C21H26ClNO3. The number of carbonyl (C=O) groups is 1. The number of halogens is 1. The van der Waals surface area contributed by atoms with E-state index in [1.54, 1.807) is 19.1 Å². The van der Waals surface area contributed by atoms with E-state index >= 15 is 0 Å². The molecule has 0 aliphatic carbocycles. The summed E-state index contributed by atoms with van der Waals surface area (Å²) in [7, 11) is 0. The fourth-order valence-electron chi connectivity index (χ4n) is 2.44. The van der Waals surface area contributed by atoms with Gasteiger partial charge in [-0.15, -0.1) is 0 Å². The van der Waals surface area contributed by atoms with Crippen LogP contribution in [0, 0.1) is 0 Å². The molecule has 0 heterocycles. The zero-order valence-electron chi connectivity index (χ0n) is 15.5. The molecule has 0 saturated carbocycles. The van der Waals surface area contributed by atoms with Gasteiger partial charge in [0.1, 0.15) is 11.5 Å². The zero-order chi connectivity index (χ0) is 18.9. The standard InChI is InChI=1S/C21H26ClNO3/c1-15(2)25-18-12-10-17(11-13-18)7-6-14-23-21(24)16(3)26-20-9-5-4-8-19(20)22/h4-5,8-13,15-16H,6-7,14H2,1-3H3,(H,23,24). The third-order valence-corrected chi connectivity index (χ3v) is 4.06. The molecule has 0 aromatic heterocycles. The van der Waals surface area contributed by atoms with Crippen LogP contribution in [0.5, 0.6) is 11.5 Å². The van der Waals surface area contributed by atoms with Gasteiger partial charge in [-0.1, -0.05) is 35.9 Å². The van der Waals surface area contributed by atoms with Crippen molar-refractivity contribution in [1.29, 1.82) is 0 Å². The lowest BCUT2D eigenvalue weighted by Gasteiger charge is -2.15. The number of hydrogen-bond acceptors (Lipinski definition) is 3. The lowest BCUT2D eigenvalue weighted by molar-refractivity contribution is -0.127. The smallest absolute Gasteiger partial charge is 0.260 e. The molecule has 0 radical (unpaired) electrons. The van der Waals surface area contributed by atoms with Crippen LogP contribution in [0.3, 0.4) is 0 Å². The highest BCUT2D eigenvalue weighted by Gasteiger charge is 2.15. The van der Waals surface area contributed by atoms with Crippen molar-refractivity contribution in [2.45, 2.75) is 45.8 Å². The number of aryl methyl sites for hydroxylation is 1. The van der Waals surface area contributed by atoms with E-state index in [0.717, 1.165) is 18.6 Å². The molecule has 1 unspecified atom stereocenters. The Bertz CT molecular complexity index is 701. The van der Waals surface area contributed by atoms with Gasteiger partial charge in [-0.05, 0) is 63.4 Å². The summed E-state index contributed by atoms with van der Waals surface area (Å²) in [6, 6.07) is 15.2. The van der Waals surface area contributed by atoms with Gasteiger partial charge in [-0.25, -0.2) is 0 Å². The minimum absolute atomic E-state index is 0.148. The van der Waals surface area contributed by atoms with Gasteiger partial charge in [0.2, 0.25) is 0 Å². The Hall–Kier alpha value is -2.20. The molecule has 5 heteroatoms. The molecule has 1 N–H and O–H groups in total. The molecule has 2 rings (SSSR count). The Morgan fingerprint density at radius 2 is 1.73 bits per heavy atom. The van der Waals surface area contributed by atoms with Crippen LogP contribution in [0.25, 0.3) is 0 Å². The summed E-state index contributed by atoms with van der Waals surface area (Å²) in [6.07, 6.45) is 1.32. The monoisotopic (exact) mass is 375 g/mol. The molecule has 0 spiro atoms. The van der Waals surface area contributed by atoms with E-state index in [4.69, 9.17) is 21.1 Å². The second kappa shape index (κ2) is 10.1. The third kappa shape index (κ3) is 6.60. The van der Waals surface area contributed by atoms with Crippen molar-refractivity contribution in [3.8, 4) is 11.5 Å². The predicted molar refractivity (Wildman–Crippen MR) is 105 cm³/mol. The summed E-state index contributed by atoms with van der Waals surface area (Å²) < 4.78 is 11.2. The quantitative estimate of drug-likeness (QED) is 0.649. The van der Waals surface area contributed by atoms with E-state index in [2.05, 4.69) is 17.4 Å². The molecule has 4 nitrogen and oxygen atoms in total. The van der Waals surface area contributed by atoms with Gasteiger partial charge in [0.25, 0.3) is 5.91 Å². The molecule has 0 saturated heterocycles. The van der Waals surface area contributed by atoms with Crippen LogP contribution in [0.15, 0.2) is 48.5 Å². The van der Waals surface area contributed by atoms with Gasteiger partial charge in [-0.3, -0.25) is 4.79 Å². The van der Waals surface area contributed by atoms with E-state index in [-0.39, 0.29) is 12.0 Å². The van der Waals surface area contributed by atoms with Gasteiger partial charge >= 0.3 is 0 Å². The number of benzene rings is 2. The molecule has 1 atom stereocenters. The lowest BCUT2D eigenvalue weighted by Crippen LogP contribution is -2.37. The highest BCUT2D eigenvalue weighted by atomic mass is 35.5. The Balaban J connectivity index is 1.70. The van der Waals surface area contributed by atoms with Crippen molar-refractivity contribution in [2.75, 3.05) is 6.54 Å². The van der Waals surface area contributed by atoms with E-state index < -0.39 is 6.10 Å². The van der Waals surface area contributed by atoms with Crippen LogP contribution >= 0.6 is 11.6 Å². The number of para-hydroxylation sites is 1. The maximum Gasteiger partial charge on any atom is 0.260 e. The van der Waals surface area contributed by atoms with Crippen LogP contribution in [-0.4, -0.2) is 24.7 Å². The zero-order valence-corrected chi connectivity index (χ0v) is 16.3. The van der Waals surface area contributed by atoms with Crippen molar-refractivity contribution in [1.82, 2.24) is 5.32 Å². The van der Waals surface area contributed by atoms with E-state index in [1.165, 1.54) is 5.56 Å². The van der Waals surface area contributed by atoms with Crippen molar-refractivity contribution >= 4 is 17.5 Å². The lowest BCUT2D eigenvalue weighted by atomic mass is 10.1. The molecule has 0 bridgehead atoms. The topological polar surface area (TPSA) is 47.6 Å². The van der Waals surface area contributed by atoms with E-state index in [0.29, 0.717) is 17.3 Å². The minimum atomic E-state index is -0.595. The van der Waals surface area contributed by atoms with Crippen molar-refractivity contribution < 1.29 is 14.3 Å². The van der Waals surface area contributed by atoms with Crippen LogP contribution in [0.4, 0.5) is 0 Å². The molecule has 140 valence electrons. The van der Waals surface area contributed by atoms with E-state index in [1.807, 2.05) is 38.1 Å². The maximum atomic E-state index is 12.1. The molecule has 0 fully saturated rings. The fourth-order valence-corrected chi connectivity index (χ4v) is 2.62. The Morgan fingerprint density at radius 1 is 1.04 bits per heavy atom. The summed E-state index contributed by atoms with van der Waals surface area (Å²) in [5.41, 5.74) is 1.22. The minimum Gasteiger partial charge on any atom is -0.491 e. The molecule has 0 aliphatic rings. The third-order valence-electron chi connectivity index (χ3n) is 3.75. The average molecular weight is 376 g/mol. The van der Waals surface area contributed by atoms with E-state index in [9.17, 15) is 4.79 Å². The van der Waals surface area contributed by atoms with Crippen molar-refractivity contribution in [3.05, 3.63) is 59.1 Å². The highest BCUT2D eigenvalue weighted by Crippen LogP contribution is 2.24. The summed E-state index contributed by atoms with van der Waals surface area (Å²) in [5, 5.41) is 3.40. The molecule has 2 aromatic carbocycles. The average Bonchev–Trinajstić information content (AvgIpc) is 2.61. The van der Waals surface area contributed by atoms with Crippen LogP contribution in [0.2, 0.25) is 5.02 Å². The first-order valence-corrected chi connectivity index (χ1v) is 9.28. The van der Waals surface area contributed by atoms with Gasteiger partial charge in [0.05, 0.1) is 11.1 Å².